The first kappa shape index (κ1) is 12.2. The smallest absolute Gasteiger partial charge is 0.166 e. The largest absolute Gasteiger partial charge is 0.387 e. The maximum atomic E-state index is 9.25. The zero-order valence-electron chi connectivity index (χ0n) is 11.4. The van der Waals surface area contributed by atoms with Gasteiger partial charge in [-0.3, -0.25) is 4.40 Å². The van der Waals surface area contributed by atoms with E-state index >= 15 is 0 Å². The van der Waals surface area contributed by atoms with Crippen molar-refractivity contribution in [3.05, 3.63) is 53.9 Å². The molecule has 2 heterocycles. The van der Waals surface area contributed by atoms with Crippen LogP contribution in [0, 0.1) is 18.3 Å². The minimum Gasteiger partial charge on any atom is -0.387 e. The van der Waals surface area contributed by atoms with Crippen molar-refractivity contribution in [1.82, 2.24) is 9.38 Å². The third-order valence-corrected chi connectivity index (χ3v) is 3.42. The molecular formula is C16H14N4. The summed E-state index contributed by atoms with van der Waals surface area (Å²) in [5.74, 6) is 0.798. The molecule has 1 aromatic carbocycles. The van der Waals surface area contributed by atoms with Crippen molar-refractivity contribution in [3.8, 4) is 17.5 Å². The van der Waals surface area contributed by atoms with E-state index in [9.17, 15) is 5.26 Å². The fourth-order valence-corrected chi connectivity index (χ4v) is 2.33. The summed E-state index contributed by atoms with van der Waals surface area (Å²) in [5.41, 5.74) is 4.43. The summed E-state index contributed by atoms with van der Waals surface area (Å²) in [6, 6.07) is 14.1. The van der Waals surface area contributed by atoms with Crippen molar-refractivity contribution in [1.29, 1.82) is 5.26 Å². The van der Waals surface area contributed by atoms with Gasteiger partial charge in [0, 0.05) is 18.8 Å². The number of hydrogen-bond acceptors (Lipinski definition) is 3. The Kier molecular flexibility index (Phi) is 2.88. The van der Waals surface area contributed by atoms with Crippen molar-refractivity contribution in [2.75, 3.05) is 12.4 Å². The van der Waals surface area contributed by atoms with Gasteiger partial charge in [-0.1, -0.05) is 24.3 Å². The van der Waals surface area contributed by atoms with Gasteiger partial charge in [0.1, 0.15) is 11.9 Å². The van der Waals surface area contributed by atoms with Crippen LogP contribution in [0.15, 0.2) is 42.6 Å². The van der Waals surface area contributed by atoms with Crippen molar-refractivity contribution in [3.63, 3.8) is 0 Å². The average Bonchev–Trinajstić information content (AvgIpc) is 2.85. The van der Waals surface area contributed by atoms with Gasteiger partial charge in [0.15, 0.2) is 5.69 Å². The van der Waals surface area contributed by atoms with Crippen LogP contribution in [0.1, 0.15) is 11.3 Å². The van der Waals surface area contributed by atoms with Gasteiger partial charge in [-0.2, -0.15) is 5.26 Å². The number of hydrogen-bond donors (Lipinski definition) is 1. The highest BCUT2D eigenvalue weighted by Gasteiger charge is 2.13. The standard InChI is InChI=1S/C16H14N4/c1-11-5-3-4-6-13(11)16-19-14(9-17)15-8-7-12(18-2)10-20(15)16/h3-8,10,18H,1-2H3. The molecule has 0 saturated heterocycles. The van der Waals surface area contributed by atoms with E-state index < -0.39 is 0 Å². The number of pyridine rings is 1. The van der Waals surface area contributed by atoms with E-state index in [2.05, 4.69) is 16.4 Å². The van der Waals surface area contributed by atoms with Crippen molar-refractivity contribution in [2.45, 2.75) is 6.92 Å². The molecular weight excluding hydrogens is 248 g/mol. The second kappa shape index (κ2) is 4.71. The predicted molar refractivity (Wildman–Crippen MR) is 79.6 cm³/mol. The van der Waals surface area contributed by atoms with Crippen LogP contribution in [0.3, 0.4) is 0 Å². The maximum Gasteiger partial charge on any atom is 0.166 e. The van der Waals surface area contributed by atoms with Crippen molar-refractivity contribution < 1.29 is 0 Å². The molecule has 1 N–H and O–H groups in total. The number of benzene rings is 1. The number of nitriles is 1. The van der Waals surface area contributed by atoms with Gasteiger partial charge < -0.3 is 5.32 Å². The second-order valence-corrected chi connectivity index (χ2v) is 4.63. The Morgan fingerprint density at radius 1 is 1.20 bits per heavy atom. The fraction of sp³-hybridized carbons (Fsp3) is 0.125. The number of nitrogens with one attached hydrogen (secondary N) is 1. The summed E-state index contributed by atoms with van der Waals surface area (Å²) in [4.78, 5) is 4.49. The molecule has 4 heteroatoms. The minimum absolute atomic E-state index is 0.450. The molecule has 0 aliphatic rings. The van der Waals surface area contributed by atoms with E-state index in [1.807, 2.05) is 61.0 Å². The van der Waals surface area contributed by atoms with E-state index in [1.165, 1.54) is 0 Å². The number of anilines is 1. The summed E-state index contributed by atoms with van der Waals surface area (Å²) in [6.45, 7) is 2.05. The number of imidazole rings is 1. The quantitative estimate of drug-likeness (QED) is 0.771. The third-order valence-electron chi connectivity index (χ3n) is 3.42. The number of nitrogens with zero attached hydrogens (tertiary/aromatic N) is 3. The molecule has 0 aliphatic heterocycles. The molecule has 0 saturated carbocycles. The monoisotopic (exact) mass is 262 g/mol. The molecule has 0 atom stereocenters. The van der Waals surface area contributed by atoms with Crippen LogP contribution in [-0.4, -0.2) is 16.4 Å². The number of aromatic nitrogens is 2. The van der Waals surface area contributed by atoms with E-state index in [-0.39, 0.29) is 0 Å². The summed E-state index contributed by atoms with van der Waals surface area (Å²) >= 11 is 0. The molecule has 0 unspecified atom stereocenters. The van der Waals surface area contributed by atoms with E-state index in [0.717, 1.165) is 28.2 Å². The Hall–Kier alpha value is -2.80. The normalized spacial score (nSPS) is 10.4. The van der Waals surface area contributed by atoms with Gasteiger partial charge in [0.05, 0.1) is 11.2 Å². The Labute approximate surface area is 117 Å². The molecule has 0 spiro atoms. The lowest BCUT2D eigenvalue weighted by molar-refractivity contribution is 1.15. The van der Waals surface area contributed by atoms with E-state index in [4.69, 9.17) is 0 Å². The lowest BCUT2D eigenvalue weighted by atomic mass is 10.1. The van der Waals surface area contributed by atoms with Crippen molar-refractivity contribution in [2.24, 2.45) is 0 Å². The van der Waals surface area contributed by atoms with Crippen molar-refractivity contribution >= 4 is 11.2 Å². The van der Waals surface area contributed by atoms with Gasteiger partial charge in [-0.15, -0.1) is 0 Å². The van der Waals surface area contributed by atoms with E-state index in [1.54, 1.807) is 0 Å². The number of fused-ring (bicyclic) bond motifs is 1. The first-order chi connectivity index (χ1) is 9.74. The molecule has 0 radical (unpaired) electrons. The van der Waals surface area contributed by atoms with Crippen LogP contribution < -0.4 is 5.32 Å². The molecule has 2 aromatic heterocycles. The Bertz CT molecular complexity index is 824. The second-order valence-electron chi connectivity index (χ2n) is 4.63. The molecule has 0 amide bonds. The summed E-state index contributed by atoms with van der Waals surface area (Å²) in [7, 11) is 1.87. The van der Waals surface area contributed by atoms with Crippen LogP contribution in [0.25, 0.3) is 16.9 Å². The highest BCUT2D eigenvalue weighted by molar-refractivity contribution is 5.71. The Morgan fingerprint density at radius 2 is 2.00 bits per heavy atom. The van der Waals surface area contributed by atoms with Gasteiger partial charge >= 0.3 is 0 Å². The van der Waals surface area contributed by atoms with Crippen LogP contribution in [0.2, 0.25) is 0 Å². The predicted octanol–water partition coefficient (Wildman–Crippen LogP) is 3.22. The molecule has 3 rings (SSSR count). The summed E-state index contributed by atoms with van der Waals surface area (Å²) in [6.07, 6.45) is 1.96. The van der Waals surface area contributed by atoms with E-state index in [0.29, 0.717) is 5.69 Å². The minimum atomic E-state index is 0.450. The molecule has 0 fully saturated rings. The van der Waals surface area contributed by atoms with Crippen LogP contribution in [-0.2, 0) is 0 Å². The lowest BCUT2D eigenvalue weighted by Gasteiger charge is -2.06. The first-order valence-electron chi connectivity index (χ1n) is 6.40. The molecule has 0 bridgehead atoms. The lowest BCUT2D eigenvalue weighted by Crippen LogP contribution is -1.94. The highest BCUT2D eigenvalue weighted by Crippen LogP contribution is 2.26. The molecule has 0 aliphatic carbocycles. The number of rotatable bonds is 2. The molecule has 3 aromatic rings. The third kappa shape index (κ3) is 1.81. The molecule has 98 valence electrons. The zero-order valence-corrected chi connectivity index (χ0v) is 11.4. The highest BCUT2D eigenvalue weighted by atomic mass is 15.0. The maximum absolute atomic E-state index is 9.25. The van der Waals surface area contributed by atoms with Crippen LogP contribution in [0.5, 0.6) is 0 Å². The molecule has 20 heavy (non-hydrogen) atoms. The average molecular weight is 262 g/mol. The number of aryl methyl sites for hydroxylation is 1. The molecule has 4 nitrogen and oxygen atoms in total. The Morgan fingerprint density at radius 3 is 2.70 bits per heavy atom. The van der Waals surface area contributed by atoms with Crippen LogP contribution >= 0.6 is 0 Å². The van der Waals surface area contributed by atoms with Gasteiger partial charge in [-0.25, -0.2) is 4.98 Å². The Balaban J connectivity index is 2.36. The summed E-state index contributed by atoms with van der Waals surface area (Å²) < 4.78 is 1.96. The van der Waals surface area contributed by atoms with Crippen LogP contribution in [0.4, 0.5) is 5.69 Å². The first-order valence-corrected chi connectivity index (χ1v) is 6.40. The van der Waals surface area contributed by atoms with Gasteiger partial charge in [0.25, 0.3) is 0 Å². The topological polar surface area (TPSA) is 53.1 Å². The zero-order chi connectivity index (χ0) is 14.1. The fourth-order valence-electron chi connectivity index (χ4n) is 2.33. The summed E-state index contributed by atoms with van der Waals surface area (Å²) in [5, 5.41) is 12.4. The SMILES string of the molecule is CNc1ccc2c(C#N)nc(-c3ccccc3C)n2c1. The van der Waals surface area contributed by atoms with Gasteiger partial charge in [-0.05, 0) is 24.6 Å². The van der Waals surface area contributed by atoms with Gasteiger partial charge in [0.2, 0.25) is 0 Å².